The molecule has 2 N–H and O–H groups in total. The van der Waals surface area contributed by atoms with Gasteiger partial charge in [0.05, 0.1) is 12.8 Å². The fourth-order valence-electron chi connectivity index (χ4n) is 2.73. The Morgan fingerprint density at radius 1 is 0.931 bits per heavy atom. The van der Waals surface area contributed by atoms with Crippen molar-refractivity contribution >= 4 is 11.7 Å². The van der Waals surface area contributed by atoms with Gasteiger partial charge in [-0.2, -0.15) is 0 Å². The molecule has 4 aromatic rings. The summed E-state index contributed by atoms with van der Waals surface area (Å²) in [5.74, 6) is 1.42. The predicted octanol–water partition coefficient (Wildman–Crippen LogP) is 3.67. The molecule has 0 spiro atoms. The maximum absolute atomic E-state index is 12.7. The number of anilines is 1. The van der Waals surface area contributed by atoms with Crippen molar-refractivity contribution in [1.29, 1.82) is 0 Å². The molecule has 0 atom stereocenters. The van der Waals surface area contributed by atoms with Gasteiger partial charge >= 0.3 is 0 Å². The predicted molar refractivity (Wildman–Crippen MR) is 109 cm³/mol. The SMILES string of the molecule is O=C(NCc1ccco1)c1cc(NCc2ccncc2)nc(-c2ccccc2)n1. The molecule has 1 amide bonds. The third-order valence-corrected chi connectivity index (χ3v) is 4.22. The number of rotatable bonds is 7. The molecule has 3 aromatic heterocycles. The van der Waals surface area contributed by atoms with Crippen LogP contribution in [0.5, 0.6) is 0 Å². The van der Waals surface area contributed by atoms with E-state index in [1.807, 2.05) is 42.5 Å². The van der Waals surface area contributed by atoms with Gasteiger partial charge in [0, 0.05) is 30.6 Å². The fraction of sp³-hybridized carbons (Fsp3) is 0.0909. The van der Waals surface area contributed by atoms with Crippen LogP contribution in [-0.2, 0) is 13.1 Å². The van der Waals surface area contributed by atoms with E-state index >= 15 is 0 Å². The number of pyridine rings is 1. The molecule has 1 aromatic carbocycles. The standard InChI is InChI=1S/C22H19N5O2/c28-22(25-15-18-7-4-12-29-18)19-13-20(24-14-16-8-10-23-11-9-16)27-21(26-19)17-5-2-1-3-6-17/h1-13H,14-15H2,(H,25,28)(H,24,26,27). The topological polar surface area (TPSA) is 92.9 Å². The van der Waals surface area contributed by atoms with Crippen molar-refractivity contribution in [3.8, 4) is 11.4 Å². The van der Waals surface area contributed by atoms with Gasteiger partial charge in [-0.3, -0.25) is 9.78 Å². The summed E-state index contributed by atoms with van der Waals surface area (Å²) < 4.78 is 5.26. The van der Waals surface area contributed by atoms with Gasteiger partial charge in [0.25, 0.3) is 5.91 Å². The molecule has 0 radical (unpaired) electrons. The number of carbonyl (C=O) groups excluding carboxylic acids is 1. The lowest BCUT2D eigenvalue weighted by atomic mass is 10.2. The number of aromatic nitrogens is 3. The van der Waals surface area contributed by atoms with E-state index < -0.39 is 0 Å². The maximum Gasteiger partial charge on any atom is 0.270 e. The Morgan fingerprint density at radius 3 is 2.52 bits per heavy atom. The molecule has 4 rings (SSSR count). The molecular weight excluding hydrogens is 366 g/mol. The minimum absolute atomic E-state index is 0.280. The third-order valence-electron chi connectivity index (χ3n) is 4.22. The Balaban J connectivity index is 1.58. The highest BCUT2D eigenvalue weighted by molar-refractivity contribution is 5.93. The van der Waals surface area contributed by atoms with Crippen molar-refractivity contribution in [1.82, 2.24) is 20.3 Å². The quantitative estimate of drug-likeness (QED) is 0.504. The number of hydrogen-bond donors (Lipinski definition) is 2. The summed E-state index contributed by atoms with van der Waals surface area (Å²) in [6, 6.07) is 18.6. The Morgan fingerprint density at radius 2 is 1.76 bits per heavy atom. The summed E-state index contributed by atoms with van der Waals surface area (Å²) in [6.45, 7) is 0.845. The molecule has 0 aliphatic rings. The summed E-state index contributed by atoms with van der Waals surface area (Å²) in [5, 5.41) is 6.08. The van der Waals surface area contributed by atoms with Crippen LogP contribution in [0.4, 0.5) is 5.82 Å². The van der Waals surface area contributed by atoms with E-state index in [4.69, 9.17) is 4.42 Å². The van der Waals surface area contributed by atoms with E-state index in [1.54, 1.807) is 36.9 Å². The van der Waals surface area contributed by atoms with E-state index in [-0.39, 0.29) is 18.1 Å². The van der Waals surface area contributed by atoms with E-state index in [9.17, 15) is 4.79 Å². The second kappa shape index (κ2) is 8.79. The van der Waals surface area contributed by atoms with Crippen LogP contribution < -0.4 is 10.6 Å². The zero-order chi connectivity index (χ0) is 19.9. The van der Waals surface area contributed by atoms with Crippen LogP contribution in [0, 0.1) is 0 Å². The molecule has 0 fully saturated rings. The monoisotopic (exact) mass is 385 g/mol. The van der Waals surface area contributed by atoms with Gasteiger partial charge in [-0.05, 0) is 29.8 Å². The van der Waals surface area contributed by atoms with Crippen molar-refractivity contribution in [3.63, 3.8) is 0 Å². The van der Waals surface area contributed by atoms with Crippen molar-refractivity contribution in [2.45, 2.75) is 13.1 Å². The lowest BCUT2D eigenvalue weighted by Crippen LogP contribution is -2.24. The van der Waals surface area contributed by atoms with E-state index in [2.05, 4.69) is 25.6 Å². The lowest BCUT2D eigenvalue weighted by molar-refractivity contribution is 0.0943. The molecule has 144 valence electrons. The number of hydrogen-bond acceptors (Lipinski definition) is 6. The smallest absolute Gasteiger partial charge is 0.270 e. The van der Waals surface area contributed by atoms with Crippen LogP contribution in [0.3, 0.4) is 0 Å². The van der Waals surface area contributed by atoms with Crippen LogP contribution in [0.2, 0.25) is 0 Å². The summed E-state index contributed by atoms with van der Waals surface area (Å²) in [7, 11) is 0. The molecule has 7 nitrogen and oxygen atoms in total. The van der Waals surface area contributed by atoms with Gasteiger partial charge in [-0.15, -0.1) is 0 Å². The van der Waals surface area contributed by atoms with Crippen molar-refractivity contribution in [2.24, 2.45) is 0 Å². The first kappa shape index (κ1) is 18.4. The molecule has 0 unspecified atom stereocenters. The number of benzene rings is 1. The molecule has 0 aliphatic heterocycles. The second-order valence-electron chi connectivity index (χ2n) is 6.30. The van der Waals surface area contributed by atoms with Crippen LogP contribution in [-0.4, -0.2) is 20.9 Å². The summed E-state index contributed by atoms with van der Waals surface area (Å²) in [4.78, 5) is 25.7. The number of nitrogens with zero attached hydrogens (tertiary/aromatic N) is 3. The molecule has 29 heavy (non-hydrogen) atoms. The molecule has 7 heteroatoms. The Hall–Kier alpha value is -4.00. The minimum Gasteiger partial charge on any atom is -0.467 e. The molecule has 0 saturated carbocycles. The zero-order valence-electron chi connectivity index (χ0n) is 15.6. The second-order valence-corrected chi connectivity index (χ2v) is 6.30. The first-order valence-corrected chi connectivity index (χ1v) is 9.16. The van der Waals surface area contributed by atoms with Crippen LogP contribution in [0.15, 0.2) is 83.7 Å². The van der Waals surface area contributed by atoms with Crippen LogP contribution in [0.1, 0.15) is 21.8 Å². The lowest BCUT2D eigenvalue weighted by Gasteiger charge is -2.10. The Kier molecular flexibility index (Phi) is 5.57. The first-order chi connectivity index (χ1) is 14.3. The van der Waals surface area contributed by atoms with Crippen LogP contribution in [0.25, 0.3) is 11.4 Å². The van der Waals surface area contributed by atoms with Crippen LogP contribution >= 0.6 is 0 Å². The van der Waals surface area contributed by atoms with Gasteiger partial charge in [-0.25, -0.2) is 9.97 Å². The average molecular weight is 385 g/mol. The number of furan rings is 1. The van der Waals surface area contributed by atoms with Gasteiger partial charge in [0.1, 0.15) is 17.3 Å². The van der Waals surface area contributed by atoms with E-state index in [0.29, 0.717) is 23.9 Å². The number of amides is 1. The molecule has 3 heterocycles. The summed E-state index contributed by atoms with van der Waals surface area (Å²) >= 11 is 0. The molecule has 0 aliphatic carbocycles. The highest BCUT2D eigenvalue weighted by Gasteiger charge is 2.13. The summed E-state index contributed by atoms with van der Waals surface area (Å²) in [6.07, 6.45) is 5.04. The number of nitrogens with one attached hydrogen (secondary N) is 2. The number of carbonyl (C=O) groups is 1. The Bertz CT molecular complexity index is 1070. The summed E-state index contributed by atoms with van der Waals surface area (Å²) in [5.41, 5.74) is 2.17. The molecular formula is C22H19N5O2. The molecule has 0 bridgehead atoms. The van der Waals surface area contributed by atoms with E-state index in [0.717, 1.165) is 11.1 Å². The van der Waals surface area contributed by atoms with Crippen molar-refractivity contribution in [2.75, 3.05) is 5.32 Å². The van der Waals surface area contributed by atoms with Gasteiger partial charge in [-0.1, -0.05) is 30.3 Å². The third kappa shape index (κ3) is 4.84. The zero-order valence-corrected chi connectivity index (χ0v) is 15.6. The maximum atomic E-state index is 12.7. The Labute approximate surface area is 167 Å². The highest BCUT2D eigenvalue weighted by atomic mass is 16.3. The molecule has 0 saturated heterocycles. The van der Waals surface area contributed by atoms with Gasteiger partial charge in [0.2, 0.25) is 0 Å². The normalized spacial score (nSPS) is 10.5. The first-order valence-electron chi connectivity index (χ1n) is 9.16. The van der Waals surface area contributed by atoms with E-state index in [1.165, 1.54) is 0 Å². The highest BCUT2D eigenvalue weighted by Crippen LogP contribution is 2.18. The average Bonchev–Trinajstić information content (AvgIpc) is 3.31. The van der Waals surface area contributed by atoms with Gasteiger partial charge in [0.15, 0.2) is 5.82 Å². The van der Waals surface area contributed by atoms with Gasteiger partial charge < -0.3 is 15.1 Å². The van der Waals surface area contributed by atoms with Crippen molar-refractivity contribution < 1.29 is 9.21 Å². The minimum atomic E-state index is -0.298. The largest absolute Gasteiger partial charge is 0.467 e. The van der Waals surface area contributed by atoms with Crippen molar-refractivity contribution in [3.05, 3.63) is 96.3 Å². The fourth-order valence-corrected chi connectivity index (χ4v) is 2.73.